The monoisotopic (exact) mass is 589 g/mol. The van der Waals surface area contributed by atoms with Crippen LogP contribution in [0.1, 0.15) is 32.3 Å². The third-order valence-corrected chi connectivity index (χ3v) is 8.36. The van der Waals surface area contributed by atoms with Crippen molar-refractivity contribution in [3.8, 4) is 5.75 Å². The number of nitrogens with zero attached hydrogens (tertiary/aromatic N) is 2. The number of rotatable bonds is 13. The maximum atomic E-state index is 14.0. The summed E-state index contributed by atoms with van der Waals surface area (Å²) < 4.78 is 47.6. The SMILES string of the molecule is CCCCNC(=O)[C@@H](C)N(Cc1cccc(OC)c1)C(=O)CN(c1ccc(F)c(Cl)c1)S(=O)(=O)c1ccccc1. The lowest BCUT2D eigenvalue weighted by Gasteiger charge is -2.32. The fourth-order valence-electron chi connectivity index (χ4n) is 3.97. The summed E-state index contributed by atoms with van der Waals surface area (Å²) in [6.07, 6.45) is 1.66. The Morgan fingerprint density at radius 1 is 1.05 bits per heavy atom. The minimum absolute atomic E-state index is 0.00461. The Morgan fingerprint density at radius 2 is 1.77 bits per heavy atom. The van der Waals surface area contributed by atoms with E-state index < -0.39 is 34.3 Å². The number of ether oxygens (including phenoxy) is 1. The first kappa shape index (κ1) is 30.9. The van der Waals surface area contributed by atoms with Gasteiger partial charge in [-0.2, -0.15) is 0 Å². The molecule has 1 atom stereocenters. The molecular formula is C29H33ClFN3O5S. The minimum Gasteiger partial charge on any atom is -0.497 e. The van der Waals surface area contributed by atoms with Crippen molar-refractivity contribution in [2.24, 2.45) is 0 Å². The lowest BCUT2D eigenvalue weighted by Crippen LogP contribution is -2.51. The second-order valence-corrected chi connectivity index (χ2v) is 11.4. The molecule has 11 heteroatoms. The molecule has 0 aliphatic heterocycles. The summed E-state index contributed by atoms with van der Waals surface area (Å²) in [5, 5.41) is 2.54. The van der Waals surface area contributed by atoms with Crippen molar-refractivity contribution in [1.82, 2.24) is 10.2 Å². The Bertz CT molecular complexity index is 1420. The largest absolute Gasteiger partial charge is 0.497 e. The van der Waals surface area contributed by atoms with Crippen LogP contribution in [0.25, 0.3) is 0 Å². The number of hydrogen-bond donors (Lipinski definition) is 1. The fraction of sp³-hybridized carbons (Fsp3) is 0.310. The highest BCUT2D eigenvalue weighted by Crippen LogP contribution is 2.28. The van der Waals surface area contributed by atoms with Gasteiger partial charge in [-0.1, -0.05) is 55.3 Å². The smallest absolute Gasteiger partial charge is 0.264 e. The number of carbonyl (C=O) groups is 2. The standard InChI is InChI=1S/C29H33ClFN3O5S/c1-4-5-16-32-29(36)21(2)33(19-22-10-9-11-24(17-22)39-3)28(35)20-34(23-14-15-27(31)26(30)18-23)40(37,38)25-12-7-6-8-13-25/h6-15,17-18,21H,4-5,16,19-20H2,1-3H3,(H,32,36)/t21-/m1/s1. The number of anilines is 1. The third-order valence-electron chi connectivity index (χ3n) is 6.29. The molecule has 0 fully saturated rings. The van der Waals surface area contributed by atoms with Crippen LogP contribution in [0.4, 0.5) is 10.1 Å². The summed E-state index contributed by atoms with van der Waals surface area (Å²) in [6, 6.07) is 17.1. The summed E-state index contributed by atoms with van der Waals surface area (Å²) in [5.41, 5.74) is 0.688. The van der Waals surface area contributed by atoms with Crippen LogP contribution in [0, 0.1) is 5.82 Å². The van der Waals surface area contributed by atoms with Gasteiger partial charge in [-0.05, 0) is 61.4 Å². The number of methoxy groups -OCH3 is 1. The van der Waals surface area contributed by atoms with Crippen LogP contribution in [0.3, 0.4) is 0 Å². The van der Waals surface area contributed by atoms with Gasteiger partial charge in [0.05, 0.1) is 22.7 Å². The summed E-state index contributed by atoms with van der Waals surface area (Å²) >= 11 is 5.98. The molecule has 0 aliphatic rings. The maximum absolute atomic E-state index is 14.0. The first-order valence-electron chi connectivity index (χ1n) is 12.8. The Morgan fingerprint density at radius 3 is 2.42 bits per heavy atom. The molecule has 3 aromatic carbocycles. The highest BCUT2D eigenvalue weighted by Gasteiger charge is 2.32. The molecule has 0 unspecified atom stereocenters. The van der Waals surface area contributed by atoms with Gasteiger partial charge in [0, 0.05) is 13.1 Å². The number of hydrogen-bond acceptors (Lipinski definition) is 5. The zero-order valence-corrected chi connectivity index (χ0v) is 24.2. The Hall–Kier alpha value is -3.63. The van der Waals surface area contributed by atoms with E-state index in [1.165, 1.54) is 30.2 Å². The molecule has 3 rings (SSSR count). The summed E-state index contributed by atoms with van der Waals surface area (Å²) in [4.78, 5) is 28.2. The number of amides is 2. The van der Waals surface area contributed by atoms with Crippen molar-refractivity contribution < 1.29 is 27.1 Å². The molecule has 0 radical (unpaired) electrons. The van der Waals surface area contributed by atoms with E-state index in [0.29, 0.717) is 17.9 Å². The van der Waals surface area contributed by atoms with Gasteiger partial charge in [-0.25, -0.2) is 12.8 Å². The molecule has 0 aromatic heterocycles. The van der Waals surface area contributed by atoms with Crippen LogP contribution >= 0.6 is 11.6 Å². The molecule has 0 bridgehead atoms. The predicted octanol–water partition coefficient (Wildman–Crippen LogP) is 5.02. The van der Waals surface area contributed by atoms with E-state index >= 15 is 0 Å². The van der Waals surface area contributed by atoms with Gasteiger partial charge in [0.25, 0.3) is 10.0 Å². The second kappa shape index (κ2) is 14.1. The highest BCUT2D eigenvalue weighted by atomic mass is 35.5. The van der Waals surface area contributed by atoms with Crippen LogP contribution in [-0.2, 0) is 26.2 Å². The molecule has 2 amide bonds. The zero-order chi connectivity index (χ0) is 29.3. The molecule has 40 heavy (non-hydrogen) atoms. The van der Waals surface area contributed by atoms with Crippen LogP contribution in [0.2, 0.25) is 5.02 Å². The zero-order valence-electron chi connectivity index (χ0n) is 22.6. The number of nitrogens with one attached hydrogen (secondary N) is 1. The molecule has 0 heterocycles. The molecular weight excluding hydrogens is 557 g/mol. The lowest BCUT2D eigenvalue weighted by molar-refractivity contribution is -0.139. The Labute approximate surface area is 239 Å². The summed E-state index contributed by atoms with van der Waals surface area (Å²) in [7, 11) is -2.76. The maximum Gasteiger partial charge on any atom is 0.264 e. The van der Waals surface area contributed by atoms with Gasteiger partial charge >= 0.3 is 0 Å². The normalized spacial score (nSPS) is 11.9. The highest BCUT2D eigenvalue weighted by molar-refractivity contribution is 7.92. The summed E-state index contributed by atoms with van der Waals surface area (Å²) in [5.74, 6) is -1.17. The molecule has 3 aromatic rings. The first-order chi connectivity index (χ1) is 19.1. The molecule has 1 N–H and O–H groups in total. The molecule has 214 valence electrons. The molecule has 0 saturated carbocycles. The van der Waals surface area contributed by atoms with Gasteiger partial charge < -0.3 is 15.0 Å². The predicted molar refractivity (Wildman–Crippen MR) is 153 cm³/mol. The van der Waals surface area contributed by atoms with Crippen molar-refractivity contribution in [2.45, 2.75) is 44.2 Å². The van der Waals surface area contributed by atoms with E-state index in [-0.39, 0.29) is 28.1 Å². The van der Waals surface area contributed by atoms with E-state index in [1.54, 1.807) is 49.4 Å². The van der Waals surface area contributed by atoms with Crippen molar-refractivity contribution in [3.05, 3.63) is 89.2 Å². The number of benzene rings is 3. The fourth-order valence-corrected chi connectivity index (χ4v) is 5.58. The van der Waals surface area contributed by atoms with Crippen molar-refractivity contribution in [2.75, 3.05) is 24.5 Å². The van der Waals surface area contributed by atoms with Gasteiger partial charge in [0.1, 0.15) is 24.2 Å². The summed E-state index contributed by atoms with van der Waals surface area (Å²) in [6.45, 7) is 3.39. The number of sulfonamides is 1. The average Bonchev–Trinajstić information content (AvgIpc) is 2.96. The van der Waals surface area contributed by atoms with Gasteiger partial charge in [0.2, 0.25) is 11.8 Å². The van der Waals surface area contributed by atoms with Gasteiger partial charge in [-0.3, -0.25) is 13.9 Å². The molecule has 0 spiro atoms. The average molecular weight is 590 g/mol. The van der Waals surface area contributed by atoms with Crippen LogP contribution in [0.15, 0.2) is 77.7 Å². The van der Waals surface area contributed by atoms with Crippen LogP contribution in [0.5, 0.6) is 5.75 Å². The topological polar surface area (TPSA) is 96.0 Å². The lowest BCUT2D eigenvalue weighted by atomic mass is 10.1. The van der Waals surface area contributed by atoms with E-state index in [0.717, 1.165) is 29.3 Å². The number of carbonyl (C=O) groups excluding carboxylic acids is 2. The van der Waals surface area contributed by atoms with Crippen molar-refractivity contribution >= 4 is 39.1 Å². The van der Waals surface area contributed by atoms with E-state index in [2.05, 4.69) is 5.32 Å². The molecule has 0 saturated heterocycles. The number of unbranched alkanes of at least 4 members (excludes halogenated alkanes) is 1. The van der Waals surface area contributed by atoms with E-state index in [9.17, 15) is 22.4 Å². The Kier molecular flexibility index (Phi) is 10.9. The van der Waals surface area contributed by atoms with Crippen LogP contribution in [-0.4, -0.2) is 51.4 Å². The van der Waals surface area contributed by atoms with Crippen molar-refractivity contribution in [1.29, 1.82) is 0 Å². The Balaban J connectivity index is 2.02. The van der Waals surface area contributed by atoms with Crippen LogP contribution < -0.4 is 14.4 Å². The molecule has 0 aliphatic carbocycles. The number of halogens is 2. The van der Waals surface area contributed by atoms with Gasteiger partial charge in [-0.15, -0.1) is 0 Å². The van der Waals surface area contributed by atoms with E-state index in [1.807, 2.05) is 6.92 Å². The minimum atomic E-state index is -4.28. The molecule has 8 nitrogen and oxygen atoms in total. The third kappa shape index (κ3) is 7.73. The quantitative estimate of drug-likeness (QED) is 0.283. The van der Waals surface area contributed by atoms with E-state index in [4.69, 9.17) is 16.3 Å². The first-order valence-corrected chi connectivity index (χ1v) is 14.6. The van der Waals surface area contributed by atoms with Gasteiger partial charge in [0.15, 0.2) is 0 Å². The second-order valence-electron chi connectivity index (χ2n) is 9.12. The van der Waals surface area contributed by atoms with Crippen molar-refractivity contribution in [3.63, 3.8) is 0 Å².